The third-order valence-electron chi connectivity index (χ3n) is 4.05. The summed E-state index contributed by atoms with van der Waals surface area (Å²) in [5.41, 5.74) is 0.184. The standard InChI is InChI=1S/C22H22F2N4O2/c1-5-6-13(2)26-22(30)17-12-15(23)8-10-19(17)27-21(29)16-9-7-14(11-18(16)24)20(25)28(3)4/h5-12,25H,2H2,1,3-4H3,(H,26,30)(H,27,29)/b6-5-,25-20?. The number of benzene rings is 2. The number of halogens is 2. The molecule has 8 heteroatoms. The van der Waals surface area contributed by atoms with Crippen molar-refractivity contribution in [3.05, 3.63) is 89.2 Å². The van der Waals surface area contributed by atoms with Crippen LogP contribution in [0, 0.1) is 17.0 Å². The molecule has 2 aromatic carbocycles. The first-order valence-corrected chi connectivity index (χ1v) is 8.93. The highest BCUT2D eigenvalue weighted by molar-refractivity contribution is 6.09. The average molecular weight is 412 g/mol. The van der Waals surface area contributed by atoms with Gasteiger partial charge < -0.3 is 15.5 Å². The van der Waals surface area contributed by atoms with E-state index in [4.69, 9.17) is 5.41 Å². The van der Waals surface area contributed by atoms with Gasteiger partial charge in [-0.2, -0.15) is 0 Å². The van der Waals surface area contributed by atoms with E-state index in [0.29, 0.717) is 5.56 Å². The molecule has 2 rings (SSSR count). The molecule has 0 aromatic heterocycles. The maximum Gasteiger partial charge on any atom is 0.258 e. The van der Waals surface area contributed by atoms with Gasteiger partial charge in [0, 0.05) is 25.4 Å². The highest BCUT2D eigenvalue weighted by Gasteiger charge is 2.19. The molecule has 0 heterocycles. The second-order valence-corrected chi connectivity index (χ2v) is 6.56. The molecular weight excluding hydrogens is 390 g/mol. The van der Waals surface area contributed by atoms with E-state index in [-0.39, 0.29) is 28.3 Å². The number of nitrogens with zero attached hydrogens (tertiary/aromatic N) is 1. The number of carbonyl (C=O) groups is 2. The van der Waals surface area contributed by atoms with Crippen LogP contribution >= 0.6 is 0 Å². The highest BCUT2D eigenvalue weighted by Crippen LogP contribution is 2.20. The number of amides is 2. The summed E-state index contributed by atoms with van der Waals surface area (Å²) in [6, 6.07) is 7.02. The van der Waals surface area contributed by atoms with Gasteiger partial charge in [0.15, 0.2) is 0 Å². The molecule has 0 unspecified atom stereocenters. The quantitative estimate of drug-likeness (QED) is 0.382. The van der Waals surface area contributed by atoms with Crippen LogP contribution in [0.15, 0.2) is 60.8 Å². The molecule has 0 fully saturated rings. The Balaban J connectivity index is 2.30. The number of nitrogens with one attached hydrogen (secondary N) is 3. The molecule has 0 aliphatic heterocycles. The minimum Gasteiger partial charge on any atom is -0.363 e. The van der Waals surface area contributed by atoms with Gasteiger partial charge >= 0.3 is 0 Å². The smallest absolute Gasteiger partial charge is 0.258 e. The van der Waals surface area contributed by atoms with E-state index in [9.17, 15) is 18.4 Å². The van der Waals surface area contributed by atoms with E-state index in [1.807, 2.05) is 0 Å². The zero-order valence-electron chi connectivity index (χ0n) is 16.8. The molecule has 0 aliphatic carbocycles. The molecule has 0 atom stereocenters. The fourth-order valence-corrected chi connectivity index (χ4v) is 2.56. The van der Waals surface area contributed by atoms with Gasteiger partial charge in [-0.3, -0.25) is 15.0 Å². The van der Waals surface area contributed by atoms with Crippen molar-refractivity contribution in [1.29, 1.82) is 5.41 Å². The van der Waals surface area contributed by atoms with Gasteiger partial charge in [-0.1, -0.05) is 18.7 Å². The van der Waals surface area contributed by atoms with E-state index in [1.54, 1.807) is 33.2 Å². The van der Waals surface area contributed by atoms with Crippen molar-refractivity contribution < 1.29 is 18.4 Å². The number of rotatable bonds is 6. The Bertz CT molecular complexity index is 1050. The van der Waals surface area contributed by atoms with E-state index in [1.165, 1.54) is 23.1 Å². The highest BCUT2D eigenvalue weighted by atomic mass is 19.1. The lowest BCUT2D eigenvalue weighted by molar-refractivity contribution is 0.0967. The summed E-state index contributed by atoms with van der Waals surface area (Å²) < 4.78 is 28.2. The van der Waals surface area contributed by atoms with Crippen LogP contribution in [0.25, 0.3) is 0 Å². The lowest BCUT2D eigenvalue weighted by atomic mass is 10.1. The molecular formula is C22H22F2N4O2. The van der Waals surface area contributed by atoms with Gasteiger partial charge in [0.1, 0.15) is 17.5 Å². The van der Waals surface area contributed by atoms with Crippen LogP contribution < -0.4 is 10.6 Å². The summed E-state index contributed by atoms with van der Waals surface area (Å²) in [6.45, 7) is 5.39. The third kappa shape index (κ3) is 5.38. The van der Waals surface area contributed by atoms with Crippen molar-refractivity contribution in [2.45, 2.75) is 6.92 Å². The number of allylic oxidation sites excluding steroid dienone is 2. The van der Waals surface area contributed by atoms with Crippen molar-refractivity contribution in [3.8, 4) is 0 Å². The number of anilines is 1. The second-order valence-electron chi connectivity index (χ2n) is 6.56. The van der Waals surface area contributed by atoms with E-state index >= 15 is 0 Å². The Hall–Kier alpha value is -3.81. The Morgan fingerprint density at radius 1 is 1.07 bits per heavy atom. The topological polar surface area (TPSA) is 85.3 Å². The molecule has 2 amide bonds. The summed E-state index contributed by atoms with van der Waals surface area (Å²) >= 11 is 0. The summed E-state index contributed by atoms with van der Waals surface area (Å²) in [6.07, 6.45) is 3.22. The SMILES string of the molecule is C=C(/C=C\C)NC(=O)c1cc(F)ccc1NC(=O)c1ccc(C(=N)N(C)C)cc1F. The Morgan fingerprint density at radius 3 is 2.37 bits per heavy atom. The van der Waals surface area contributed by atoms with E-state index in [2.05, 4.69) is 17.2 Å². The zero-order chi connectivity index (χ0) is 22.4. The van der Waals surface area contributed by atoms with Gasteiger partial charge in [0.2, 0.25) is 0 Å². The maximum absolute atomic E-state index is 14.5. The predicted molar refractivity (Wildman–Crippen MR) is 113 cm³/mol. The minimum atomic E-state index is -0.828. The third-order valence-corrected chi connectivity index (χ3v) is 4.05. The minimum absolute atomic E-state index is 0.0108. The molecule has 2 aromatic rings. The number of hydrogen-bond donors (Lipinski definition) is 3. The lowest BCUT2D eigenvalue weighted by Gasteiger charge is -2.15. The molecule has 0 bridgehead atoms. The van der Waals surface area contributed by atoms with Gasteiger partial charge in [0.25, 0.3) is 11.8 Å². The van der Waals surface area contributed by atoms with Crippen LogP contribution in [0.2, 0.25) is 0 Å². The zero-order valence-corrected chi connectivity index (χ0v) is 16.8. The van der Waals surface area contributed by atoms with Gasteiger partial charge in [-0.25, -0.2) is 8.78 Å². The predicted octanol–water partition coefficient (Wildman–Crippen LogP) is 3.92. The van der Waals surface area contributed by atoms with Crippen molar-refractivity contribution in [3.63, 3.8) is 0 Å². The first kappa shape index (κ1) is 22.5. The van der Waals surface area contributed by atoms with Gasteiger partial charge in [-0.15, -0.1) is 0 Å². The Kier molecular flexibility index (Phi) is 7.19. The molecule has 6 nitrogen and oxygen atoms in total. The Morgan fingerprint density at radius 2 is 1.77 bits per heavy atom. The molecule has 0 saturated heterocycles. The molecule has 3 N–H and O–H groups in total. The molecule has 30 heavy (non-hydrogen) atoms. The number of carbonyl (C=O) groups excluding carboxylic acids is 2. The monoisotopic (exact) mass is 412 g/mol. The molecule has 156 valence electrons. The number of amidine groups is 1. The lowest BCUT2D eigenvalue weighted by Crippen LogP contribution is -2.24. The molecule has 0 saturated carbocycles. The van der Waals surface area contributed by atoms with Crippen LogP contribution in [0.4, 0.5) is 14.5 Å². The van der Waals surface area contributed by atoms with Crippen molar-refractivity contribution >= 4 is 23.3 Å². The van der Waals surface area contributed by atoms with E-state index < -0.39 is 23.4 Å². The largest absolute Gasteiger partial charge is 0.363 e. The van der Waals surface area contributed by atoms with Crippen molar-refractivity contribution in [1.82, 2.24) is 10.2 Å². The molecule has 0 spiro atoms. The van der Waals surface area contributed by atoms with Crippen LogP contribution in [0.5, 0.6) is 0 Å². The van der Waals surface area contributed by atoms with Crippen LogP contribution in [-0.2, 0) is 0 Å². The second kappa shape index (κ2) is 9.60. The fourth-order valence-electron chi connectivity index (χ4n) is 2.56. The van der Waals surface area contributed by atoms with Crippen molar-refractivity contribution in [2.75, 3.05) is 19.4 Å². The summed E-state index contributed by atoms with van der Waals surface area (Å²) in [7, 11) is 3.29. The fraction of sp³-hybridized carbons (Fsp3) is 0.136. The van der Waals surface area contributed by atoms with Crippen LogP contribution in [0.3, 0.4) is 0 Å². The first-order valence-electron chi connectivity index (χ1n) is 8.93. The van der Waals surface area contributed by atoms with Gasteiger partial charge in [0.05, 0.1) is 16.8 Å². The van der Waals surface area contributed by atoms with Gasteiger partial charge in [-0.05, 0) is 43.3 Å². The van der Waals surface area contributed by atoms with Crippen LogP contribution in [-0.4, -0.2) is 36.6 Å². The summed E-state index contributed by atoms with van der Waals surface area (Å²) in [5.74, 6) is -2.91. The van der Waals surface area contributed by atoms with E-state index in [0.717, 1.165) is 18.2 Å². The molecule has 0 radical (unpaired) electrons. The maximum atomic E-state index is 14.5. The summed E-state index contributed by atoms with van der Waals surface area (Å²) in [5, 5.41) is 12.8. The van der Waals surface area contributed by atoms with Crippen LogP contribution in [0.1, 0.15) is 33.2 Å². The normalized spacial score (nSPS) is 10.6. The van der Waals surface area contributed by atoms with Crippen molar-refractivity contribution in [2.24, 2.45) is 0 Å². The summed E-state index contributed by atoms with van der Waals surface area (Å²) in [4.78, 5) is 26.5. The number of hydrogen-bond acceptors (Lipinski definition) is 3. The Labute approximate surface area is 173 Å². The molecule has 0 aliphatic rings. The first-order chi connectivity index (χ1) is 14.1. The average Bonchev–Trinajstić information content (AvgIpc) is 2.68.